The van der Waals surface area contributed by atoms with Crippen molar-refractivity contribution in [3.8, 4) is 0 Å². The maximum absolute atomic E-state index is 12.8. The van der Waals surface area contributed by atoms with Gasteiger partial charge >= 0.3 is 0 Å². The third-order valence-corrected chi connectivity index (χ3v) is 3.10. The summed E-state index contributed by atoms with van der Waals surface area (Å²) in [5.41, 5.74) is 0.360. The van der Waals surface area contributed by atoms with Gasteiger partial charge in [-0.3, -0.25) is 4.79 Å². The highest BCUT2D eigenvalue weighted by molar-refractivity contribution is 6.03. The highest BCUT2D eigenvalue weighted by atomic mass is 19.1. The first-order valence-electron chi connectivity index (χ1n) is 7.34. The van der Waals surface area contributed by atoms with Gasteiger partial charge in [0.25, 0.3) is 5.91 Å². The number of nitrogens with one attached hydrogen (secondary N) is 2. The summed E-state index contributed by atoms with van der Waals surface area (Å²) in [6.45, 7) is 1.79. The molecule has 7 heteroatoms. The lowest BCUT2D eigenvalue weighted by molar-refractivity contribution is 0.102. The molecule has 0 unspecified atom stereocenters. The lowest BCUT2D eigenvalue weighted by Gasteiger charge is -2.10. The molecule has 2 aromatic rings. The Hall–Kier alpha value is -2.54. The van der Waals surface area contributed by atoms with Gasteiger partial charge in [-0.05, 0) is 63.5 Å². The van der Waals surface area contributed by atoms with Crippen LogP contribution in [-0.2, 0) is 0 Å². The average molecular weight is 317 g/mol. The summed E-state index contributed by atoms with van der Waals surface area (Å²) in [6, 6.07) is 8.73. The van der Waals surface area contributed by atoms with E-state index in [9.17, 15) is 9.18 Å². The molecule has 122 valence electrons. The second-order valence-corrected chi connectivity index (χ2v) is 5.35. The molecule has 1 aromatic carbocycles. The first-order valence-corrected chi connectivity index (χ1v) is 7.34. The van der Waals surface area contributed by atoms with Crippen LogP contribution in [-0.4, -0.2) is 48.2 Å². The predicted octanol–water partition coefficient (Wildman–Crippen LogP) is 2.23. The molecular formula is C16H20FN5O. The molecule has 0 aliphatic rings. The summed E-state index contributed by atoms with van der Waals surface area (Å²) < 4.78 is 12.8. The van der Waals surface area contributed by atoms with E-state index < -0.39 is 0 Å². The van der Waals surface area contributed by atoms with Crippen LogP contribution in [0.15, 0.2) is 36.4 Å². The highest BCUT2D eigenvalue weighted by Gasteiger charge is 2.07. The maximum atomic E-state index is 12.8. The second-order valence-electron chi connectivity index (χ2n) is 5.35. The largest absolute Gasteiger partial charge is 0.369 e. The van der Waals surface area contributed by atoms with Gasteiger partial charge in [-0.25, -0.2) is 4.39 Å². The summed E-state index contributed by atoms with van der Waals surface area (Å²) in [6.07, 6.45) is 0.998. The van der Waals surface area contributed by atoms with Gasteiger partial charge in [0.15, 0.2) is 5.82 Å². The number of hydrogen-bond donors (Lipinski definition) is 2. The zero-order valence-corrected chi connectivity index (χ0v) is 13.2. The van der Waals surface area contributed by atoms with Crippen molar-refractivity contribution in [3.05, 3.63) is 47.8 Å². The SMILES string of the molecule is CN(C)CCCNc1ccc(NC(=O)c2ccc(F)cc2)nn1. The van der Waals surface area contributed by atoms with E-state index in [1.807, 2.05) is 14.1 Å². The van der Waals surface area contributed by atoms with Crippen molar-refractivity contribution in [2.75, 3.05) is 37.8 Å². The van der Waals surface area contributed by atoms with Crippen molar-refractivity contribution in [1.29, 1.82) is 0 Å². The van der Waals surface area contributed by atoms with E-state index >= 15 is 0 Å². The smallest absolute Gasteiger partial charge is 0.256 e. The van der Waals surface area contributed by atoms with Crippen LogP contribution in [0.3, 0.4) is 0 Å². The molecule has 1 aromatic heterocycles. The molecule has 0 radical (unpaired) electrons. The third kappa shape index (κ3) is 5.63. The number of aromatic nitrogens is 2. The lowest BCUT2D eigenvalue weighted by Crippen LogP contribution is -2.17. The zero-order chi connectivity index (χ0) is 16.7. The van der Waals surface area contributed by atoms with Gasteiger partial charge in [-0.15, -0.1) is 10.2 Å². The number of halogens is 1. The molecule has 2 rings (SSSR count). The monoisotopic (exact) mass is 317 g/mol. The normalized spacial score (nSPS) is 10.6. The van der Waals surface area contributed by atoms with E-state index in [1.54, 1.807) is 12.1 Å². The third-order valence-electron chi connectivity index (χ3n) is 3.10. The van der Waals surface area contributed by atoms with Gasteiger partial charge in [0, 0.05) is 12.1 Å². The zero-order valence-electron chi connectivity index (χ0n) is 13.2. The fourth-order valence-corrected chi connectivity index (χ4v) is 1.89. The van der Waals surface area contributed by atoms with E-state index in [2.05, 4.69) is 25.7 Å². The molecule has 2 N–H and O–H groups in total. The van der Waals surface area contributed by atoms with Crippen molar-refractivity contribution in [2.45, 2.75) is 6.42 Å². The van der Waals surface area contributed by atoms with Gasteiger partial charge in [0.05, 0.1) is 0 Å². The second kappa shape index (κ2) is 8.19. The minimum absolute atomic E-state index is 0.346. The topological polar surface area (TPSA) is 70.2 Å². The van der Waals surface area contributed by atoms with Crippen LogP contribution in [0.1, 0.15) is 16.8 Å². The standard InChI is InChI=1S/C16H20FN5O/c1-22(2)11-3-10-18-14-8-9-15(21-20-14)19-16(23)12-4-6-13(17)7-5-12/h4-9H,3,10-11H2,1-2H3,(H,18,20)(H,19,21,23). The number of carbonyl (C=O) groups is 1. The molecule has 1 amide bonds. The van der Waals surface area contributed by atoms with Gasteiger partial charge in [-0.2, -0.15) is 0 Å². The Bertz CT molecular complexity index is 628. The van der Waals surface area contributed by atoms with Crippen LogP contribution < -0.4 is 10.6 Å². The van der Waals surface area contributed by atoms with Gasteiger partial charge in [0.1, 0.15) is 11.6 Å². The molecule has 0 bridgehead atoms. The van der Waals surface area contributed by atoms with Crippen LogP contribution in [0, 0.1) is 5.82 Å². The number of anilines is 2. The first-order chi connectivity index (χ1) is 11.0. The van der Waals surface area contributed by atoms with E-state index in [-0.39, 0.29) is 11.7 Å². The summed E-state index contributed by atoms with van der Waals surface area (Å²) in [5, 5.41) is 13.7. The predicted molar refractivity (Wildman–Crippen MR) is 88.0 cm³/mol. The number of nitrogens with zero attached hydrogens (tertiary/aromatic N) is 3. The van der Waals surface area contributed by atoms with Crippen molar-refractivity contribution in [3.63, 3.8) is 0 Å². The Labute approximate surface area is 134 Å². The summed E-state index contributed by atoms with van der Waals surface area (Å²) in [7, 11) is 4.05. The van der Waals surface area contributed by atoms with E-state index in [4.69, 9.17) is 0 Å². The van der Waals surface area contributed by atoms with Crippen molar-refractivity contribution in [1.82, 2.24) is 15.1 Å². The number of amides is 1. The van der Waals surface area contributed by atoms with Crippen molar-refractivity contribution < 1.29 is 9.18 Å². The highest BCUT2D eigenvalue weighted by Crippen LogP contribution is 2.09. The van der Waals surface area contributed by atoms with Gasteiger partial charge in [-0.1, -0.05) is 0 Å². The maximum Gasteiger partial charge on any atom is 0.256 e. The Kier molecular flexibility index (Phi) is 5.99. The van der Waals surface area contributed by atoms with Crippen molar-refractivity contribution in [2.24, 2.45) is 0 Å². The molecule has 0 saturated carbocycles. The fourth-order valence-electron chi connectivity index (χ4n) is 1.89. The molecule has 0 aliphatic carbocycles. The molecule has 0 spiro atoms. The number of benzene rings is 1. The van der Waals surface area contributed by atoms with Gasteiger partial charge < -0.3 is 15.5 Å². The lowest BCUT2D eigenvalue weighted by atomic mass is 10.2. The molecule has 1 heterocycles. The Morgan fingerprint density at radius 1 is 1.09 bits per heavy atom. The average Bonchev–Trinajstić information content (AvgIpc) is 2.53. The minimum Gasteiger partial charge on any atom is -0.369 e. The number of rotatable bonds is 7. The van der Waals surface area contributed by atoms with Crippen LogP contribution in [0.5, 0.6) is 0 Å². The Balaban J connectivity index is 1.84. The molecule has 6 nitrogen and oxygen atoms in total. The quantitative estimate of drug-likeness (QED) is 0.766. The molecule has 0 aliphatic heterocycles. The van der Waals surface area contributed by atoms with E-state index in [1.165, 1.54) is 24.3 Å². The van der Waals surface area contributed by atoms with Crippen LogP contribution in [0.25, 0.3) is 0 Å². The Morgan fingerprint density at radius 2 is 1.74 bits per heavy atom. The molecule has 0 atom stereocenters. The van der Waals surface area contributed by atoms with Crippen molar-refractivity contribution >= 4 is 17.5 Å². The van der Waals surface area contributed by atoms with Gasteiger partial charge in [0.2, 0.25) is 0 Å². The number of carbonyl (C=O) groups excluding carboxylic acids is 1. The summed E-state index contributed by atoms with van der Waals surface area (Å²) in [5.74, 6) is 0.263. The fraction of sp³-hybridized carbons (Fsp3) is 0.312. The molecule has 23 heavy (non-hydrogen) atoms. The summed E-state index contributed by atoms with van der Waals surface area (Å²) >= 11 is 0. The number of hydrogen-bond acceptors (Lipinski definition) is 5. The minimum atomic E-state index is -0.383. The Morgan fingerprint density at radius 3 is 2.35 bits per heavy atom. The molecular weight excluding hydrogens is 297 g/mol. The van der Waals surface area contributed by atoms with Crippen LogP contribution in [0.2, 0.25) is 0 Å². The van der Waals surface area contributed by atoms with E-state index in [0.717, 1.165) is 19.5 Å². The van der Waals surface area contributed by atoms with E-state index in [0.29, 0.717) is 17.2 Å². The van der Waals surface area contributed by atoms with Crippen LogP contribution >= 0.6 is 0 Å². The summed E-state index contributed by atoms with van der Waals surface area (Å²) in [4.78, 5) is 14.1. The van der Waals surface area contributed by atoms with Crippen LogP contribution in [0.4, 0.5) is 16.0 Å². The molecule has 0 saturated heterocycles. The first kappa shape index (κ1) is 16.8. The molecule has 0 fully saturated rings.